The van der Waals surface area contributed by atoms with Gasteiger partial charge in [-0.2, -0.15) is 10.4 Å². The number of esters is 1. The summed E-state index contributed by atoms with van der Waals surface area (Å²) in [4.78, 5) is 35.8. The molecule has 37 heavy (non-hydrogen) atoms. The molecular formula is C27H33N7O3. The van der Waals surface area contributed by atoms with Crippen molar-refractivity contribution in [2.24, 2.45) is 11.3 Å². The van der Waals surface area contributed by atoms with E-state index in [9.17, 15) is 14.9 Å². The maximum atomic E-state index is 12.6. The molecule has 0 atom stereocenters. The van der Waals surface area contributed by atoms with Crippen LogP contribution >= 0.6 is 0 Å². The molecule has 1 saturated carbocycles. The van der Waals surface area contributed by atoms with Crippen LogP contribution in [0.15, 0.2) is 31.0 Å². The molecule has 0 N–H and O–H groups in total. The number of methoxy groups -OCH3 is 1. The van der Waals surface area contributed by atoms with Crippen LogP contribution in [0.4, 0.5) is 0 Å². The van der Waals surface area contributed by atoms with Gasteiger partial charge >= 0.3 is 5.97 Å². The third-order valence-electron chi connectivity index (χ3n) is 7.82. The molecule has 3 aromatic rings. The number of nitriles is 1. The second-order valence-electron chi connectivity index (χ2n) is 11.0. The number of amides is 1. The molecule has 4 heterocycles. The number of fused-ring (bicyclic) bond motifs is 1. The Labute approximate surface area is 216 Å². The van der Waals surface area contributed by atoms with Crippen molar-refractivity contribution in [2.45, 2.75) is 64.5 Å². The van der Waals surface area contributed by atoms with Crippen LogP contribution in [0.25, 0.3) is 22.3 Å². The van der Waals surface area contributed by atoms with Crippen molar-refractivity contribution >= 4 is 22.9 Å². The summed E-state index contributed by atoms with van der Waals surface area (Å²) in [6, 6.07) is 4.30. The number of hydrogen-bond donors (Lipinski definition) is 0. The zero-order chi connectivity index (χ0) is 26.2. The van der Waals surface area contributed by atoms with E-state index < -0.39 is 11.0 Å². The minimum Gasteiger partial charge on any atom is -0.469 e. The standard InChI is InChI=1S/C27H33N7O3/c1-26(2,25(36)37-3)17-33-11-6-21-23(29-18-30-24(21)33)20-15-31-34(16-20)27(7-10-28)8-12-32(13-9-27)22(35)14-19-4-5-19/h6,11,15-16,18-19H,4-5,7-9,12-14,17H2,1-3H3. The second kappa shape index (κ2) is 9.61. The maximum Gasteiger partial charge on any atom is 0.313 e. The van der Waals surface area contributed by atoms with Gasteiger partial charge in [0.15, 0.2) is 0 Å². The number of rotatable bonds is 8. The molecule has 2 fully saturated rings. The van der Waals surface area contributed by atoms with Crippen molar-refractivity contribution in [3.05, 3.63) is 31.0 Å². The molecular weight excluding hydrogens is 470 g/mol. The number of carbonyl (C=O) groups excluding carboxylic acids is 2. The molecule has 3 aromatic heterocycles. The van der Waals surface area contributed by atoms with Gasteiger partial charge in [-0.3, -0.25) is 14.3 Å². The van der Waals surface area contributed by atoms with E-state index >= 15 is 0 Å². The van der Waals surface area contributed by atoms with Gasteiger partial charge in [-0.1, -0.05) is 0 Å². The Bertz CT molecular complexity index is 1350. The lowest BCUT2D eigenvalue weighted by Gasteiger charge is -2.40. The number of piperidine rings is 1. The Morgan fingerprint density at radius 1 is 1.24 bits per heavy atom. The third-order valence-corrected chi connectivity index (χ3v) is 7.82. The number of ether oxygens (including phenoxy) is 1. The van der Waals surface area contributed by atoms with Gasteiger partial charge < -0.3 is 14.2 Å². The highest BCUT2D eigenvalue weighted by molar-refractivity contribution is 5.90. The molecule has 0 aromatic carbocycles. The fraction of sp³-hybridized carbons (Fsp3) is 0.556. The molecule has 1 amide bonds. The van der Waals surface area contributed by atoms with E-state index in [0.29, 0.717) is 51.2 Å². The first kappa shape index (κ1) is 24.9. The molecule has 0 radical (unpaired) electrons. The summed E-state index contributed by atoms with van der Waals surface area (Å²) in [5, 5.41) is 15.2. The van der Waals surface area contributed by atoms with Crippen molar-refractivity contribution in [3.63, 3.8) is 0 Å². The van der Waals surface area contributed by atoms with Crippen LogP contribution in [0.2, 0.25) is 0 Å². The monoisotopic (exact) mass is 503 g/mol. The topological polar surface area (TPSA) is 119 Å². The highest BCUT2D eigenvalue weighted by Gasteiger charge is 2.39. The molecule has 1 aliphatic carbocycles. The summed E-state index contributed by atoms with van der Waals surface area (Å²) in [7, 11) is 1.39. The first-order chi connectivity index (χ1) is 17.8. The summed E-state index contributed by atoms with van der Waals surface area (Å²) < 4.78 is 8.80. The Hall–Kier alpha value is -3.74. The highest BCUT2D eigenvalue weighted by Crippen LogP contribution is 2.37. The van der Waals surface area contributed by atoms with Gasteiger partial charge in [0, 0.05) is 49.4 Å². The van der Waals surface area contributed by atoms with Gasteiger partial charge in [0.1, 0.15) is 12.0 Å². The molecule has 194 valence electrons. The van der Waals surface area contributed by atoms with Crippen LogP contribution in [-0.4, -0.2) is 61.3 Å². The largest absolute Gasteiger partial charge is 0.469 e. The van der Waals surface area contributed by atoms with E-state index in [1.807, 2.05) is 46.5 Å². The lowest BCUT2D eigenvalue weighted by atomic mass is 9.84. The molecule has 1 aliphatic heterocycles. The van der Waals surface area contributed by atoms with Gasteiger partial charge in [-0.25, -0.2) is 9.97 Å². The van der Waals surface area contributed by atoms with Gasteiger partial charge in [-0.05, 0) is 51.5 Å². The normalized spacial score (nSPS) is 17.5. The van der Waals surface area contributed by atoms with Crippen LogP contribution in [-0.2, 0) is 26.4 Å². The van der Waals surface area contributed by atoms with Crippen LogP contribution in [0.3, 0.4) is 0 Å². The number of carbonyl (C=O) groups is 2. The van der Waals surface area contributed by atoms with Crippen LogP contribution in [0.1, 0.15) is 52.4 Å². The van der Waals surface area contributed by atoms with Crippen molar-refractivity contribution in [1.82, 2.24) is 29.2 Å². The maximum absolute atomic E-state index is 12.6. The van der Waals surface area contributed by atoms with Gasteiger partial charge in [-0.15, -0.1) is 0 Å². The third kappa shape index (κ3) is 4.82. The van der Waals surface area contributed by atoms with Crippen molar-refractivity contribution in [3.8, 4) is 17.3 Å². The molecule has 10 nitrogen and oxygen atoms in total. The van der Waals surface area contributed by atoms with Crippen molar-refractivity contribution in [1.29, 1.82) is 5.26 Å². The van der Waals surface area contributed by atoms with Crippen LogP contribution < -0.4 is 0 Å². The Morgan fingerprint density at radius 3 is 2.68 bits per heavy atom. The number of hydrogen-bond acceptors (Lipinski definition) is 7. The SMILES string of the molecule is COC(=O)C(C)(C)Cn1ccc2c(-c3cnn(C4(CC#N)CCN(C(=O)CC5CC5)CC4)c3)ncnc21. The number of likely N-dealkylation sites (tertiary alicyclic amines) is 1. The van der Waals surface area contributed by atoms with Gasteiger partial charge in [0.2, 0.25) is 5.91 Å². The molecule has 5 rings (SSSR count). The average Bonchev–Trinajstić information content (AvgIpc) is 3.40. The molecule has 0 spiro atoms. The number of aromatic nitrogens is 5. The fourth-order valence-electron chi connectivity index (χ4n) is 5.34. The van der Waals surface area contributed by atoms with Crippen LogP contribution in [0, 0.1) is 22.7 Å². The minimum absolute atomic E-state index is 0.234. The van der Waals surface area contributed by atoms with E-state index in [-0.39, 0.29) is 11.9 Å². The summed E-state index contributed by atoms with van der Waals surface area (Å²) >= 11 is 0. The van der Waals surface area contributed by atoms with E-state index in [4.69, 9.17) is 4.74 Å². The first-order valence-electron chi connectivity index (χ1n) is 12.8. The molecule has 1 saturated heterocycles. The van der Waals surface area contributed by atoms with E-state index in [1.54, 1.807) is 6.20 Å². The predicted octanol–water partition coefficient (Wildman–Crippen LogP) is 3.53. The fourth-order valence-corrected chi connectivity index (χ4v) is 5.34. The summed E-state index contributed by atoms with van der Waals surface area (Å²) in [5.74, 6) is 0.517. The summed E-state index contributed by atoms with van der Waals surface area (Å²) in [6.07, 6.45) is 11.8. The van der Waals surface area contributed by atoms with Crippen molar-refractivity contribution in [2.75, 3.05) is 20.2 Å². The minimum atomic E-state index is -0.713. The Kier molecular flexibility index (Phi) is 6.48. The van der Waals surface area contributed by atoms with Gasteiger partial charge in [0.25, 0.3) is 0 Å². The van der Waals surface area contributed by atoms with Gasteiger partial charge in [0.05, 0.1) is 42.4 Å². The van der Waals surface area contributed by atoms with Crippen LogP contribution in [0.5, 0.6) is 0 Å². The first-order valence-corrected chi connectivity index (χ1v) is 12.8. The van der Waals surface area contributed by atoms with E-state index in [2.05, 4.69) is 21.1 Å². The summed E-state index contributed by atoms with van der Waals surface area (Å²) in [6.45, 7) is 5.38. The zero-order valence-corrected chi connectivity index (χ0v) is 21.7. The van der Waals surface area contributed by atoms with E-state index in [1.165, 1.54) is 13.4 Å². The Balaban J connectivity index is 1.39. The zero-order valence-electron chi connectivity index (χ0n) is 21.7. The molecule has 0 bridgehead atoms. The predicted molar refractivity (Wildman–Crippen MR) is 136 cm³/mol. The molecule has 2 aliphatic rings. The van der Waals surface area contributed by atoms with E-state index in [0.717, 1.165) is 35.1 Å². The smallest absolute Gasteiger partial charge is 0.313 e. The number of nitrogens with zero attached hydrogens (tertiary/aromatic N) is 7. The average molecular weight is 504 g/mol. The molecule has 0 unspecified atom stereocenters. The highest BCUT2D eigenvalue weighted by atomic mass is 16.5. The summed E-state index contributed by atoms with van der Waals surface area (Å²) in [5.41, 5.74) is 1.14. The second-order valence-corrected chi connectivity index (χ2v) is 11.0. The van der Waals surface area contributed by atoms with Crippen molar-refractivity contribution < 1.29 is 14.3 Å². The Morgan fingerprint density at radius 2 is 2.00 bits per heavy atom. The lowest BCUT2D eigenvalue weighted by Crippen LogP contribution is -2.48. The quantitative estimate of drug-likeness (QED) is 0.431. The molecule has 10 heteroatoms. The lowest BCUT2D eigenvalue weighted by molar-refractivity contribution is -0.151.